The van der Waals surface area contributed by atoms with Gasteiger partial charge < -0.3 is 20.1 Å². The second-order valence-corrected chi connectivity index (χ2v) is 9.03. The van der Waals surface area contributed by atoms with E-state index in [2.05, 4.69) is 20.2 Å². The highest BCUT2D eigenvalue weighted by Gasteiger charge is 2.21. The Morgan fingerprint density at radius 3 is 2.35 bits per heavy atom. The molecule has 2 aromatic carbocycles. The van der Waals surface area contributed by atoms with Crippen LogP contribution in [0.2, 0.25) is 0 Å². The first-order valence-corrected chi connectivity index (χ1v) is 11.5. The van der Waals surface area contributed by atoms with Crippen molar-refractivity contribution >= 4 is 21.5 Å². The highest BCUT2D eigenvalue weighted by molar-refractivity contribution is 7.91. The van der Waals surface area contributed by atoms with Crippen LogP contribution in [0.15, 0.2) is 70.7 Å². The Hall–Kier alpha value is -3.01. The summed E-state index contributed by atoms with van der Waals surface area (Å²) in [5.74, 6) is 0.402. The predicted octanol–water partition coefficient (Wildman–Crippen LogP) is 2.22. The van der Waals surface area contributed by atoms with Crippen LogP contribution in [0.4, 0.5) is 11.6 Å². The third-order valence-corrected chi connectivity index (χ3v) is 6.76. The number of benzene rings is 2. The fourth-order valence-corrected chi connectivity index (χ4v) is 4.73. The molecule has 2 N–H and O–H groups in total. The molecule has 0 atom stereocenters. The number of rotatable bonds is 7. The molecule has 0 spiro atoms. The first-order chi connectivity index (χ1) is 15.1. The summed E-state index contributed by atoms with van der Waals surface area (Å²) in [6.07, 6.45) is 3.29. The van der Waals surface area contributed by atoms with Crippen LogP contribution in [0.1, 0.15) is 0 Å². The van der Waals surface area contributed by atoms with E-state index in [1.807, 2.05) is 6.07 Å². The summed E-state index contributed by atoms with van der Waals surface area (Å²) >= 11 is 0. The van der Waals surface area contributed by atoms with Crippen LogP contribution in [-0.2, 0) is 14.6 Å². The van der Waals surface area contributed by atoms with E-state index in [1.54, 1.807) is 54.9 Å². The van der Waals surface area contributed by atoms with Crippen LogP contribution in [0.25, 0.3) is 11.1 Å². The average molecular weight is 441 g/mol. The molecule has 8 nitrogen and oxygen atoms in total. The van der Waals surface area contributed by atoms with E-state index >= 15 is 0 Å². The van der Waals surface area contributed by atoms with E-state index in [-0.39, 0.29) is 16.4 Å². The zero-order chi connectivity index (χ0) is 21.7. The number of hydrogen-bond donors (Lipinski definition) is 2. The Kier molecular flexibility index (Phi) is 6.45. The van der Waals surface area contributed by atoms with Crippen molar-refractivity contribution in [2.75, 3.05) is 49.7 Å². The molecular formula is C22H24N4O4S. The van der Waals surface area contributed by atoms with Crippen LogP contribution >= 0.6 is 0 Å². The summed E-state index contributed by atoms with van der Waals surface area (Å²) in [7, 11) is -3.69. The molecule has 9 heteroatoms. The van der Waals surface area contributed by atoms with E-state index in [0.717, 1.165) is 5.69 Å². The number of sulfone groups is 1. The molecule has 1 aromatic heterocycles. The van der Waals surface area contributed by atoms with Crippen molar-refractivity contribution in [1.82, 2.24) is 9.97 Å². The number of aromatic nitrogens is 2. The van der Waals surface area contributed by atoms with Gasteiger partial charge >= 0.3 is 0 Å². The third-order valence-electron chi connectivity index (χ3n) is 5.01. The smallest absolute Gasteiger partial charge is 0.222 e. The lowest BCUT2D eigenvalue weighted by molar-refractivity contribution is 0.122. The normalized spacial score (nSPS) is 14.4. The number of aliphatic hydroxyl groups is 1. The Morgan fingerprint density at radius 2 is 1.68 bits per heavy atom. The molecule has 0 saturated carbocycles. The van der Waals surface area contributed by atoms with Gasteiger partial charge in [0, 0.05) is 43.3 Å². The number of anilines is 2. The fourth-order valence-electron chi connectivity index (χ4n) is 3.38. The highest BCUT2D eigenvalue weighted by Crippen LogP contribution is 2.32. The Bertz CT molecular complexity index is 1120. The summed E-state index contributed by atoms with van der Waals surface area (Å²) in [6, 6.07) is 13.7. The lowest BCUT2D eigenvalue weighted by atomic mass is 10.1. The van der Waals surface area contributed by atoms with Gasteiger partial charge in [0.2, 0.25) is 15.8 Å². The minimum atomic E-state index is -3.69. The number of nitrogens with one attached hydrogen (secondary N) is 1. The lowest BCUT2D eigenvalue weighted by Crippen LogP contribution is -2.36. The Morgan fingerprint density at radius 1 is 0.968 bits per heavy atom. The lowest BCUT2D eigenvalue weighted by Gasteiger charge is -2.29. The van der Waals surface area contributed by atoms with Gasteiger partial charge in [0.05, 0.1) is 29.6 Å². The molecule has 3 aromatic rings. The maximum Gasteiger partial charge on any atom is 0.222 e. The van der Waals surface area contributed by atoms with Gasteiger partial charge in [0.25, 0.3) is 0 Å². The van der Waals surface area contributed by atoms with Crippen molar-refractivity contribution in [3.63, 3.8) is 0 Å². The summed E-state index contributed by atoms with van der Waals surface area (Å²) in [5.41, 5.74) is 2.24. The highest BCUT2D eigenvalue weighted by atomic mass is 32.2. The van der Waals surface area contributed by atoms with Gasteiger partial charge in [-0.25, -0.2) is 18.4 Å². The Labute approximate surface area is 181 Å². The molecule has 1 aliphatic rings. The summed E-state index contributed by atoms with van der Waals surface area (Å²) in [5, 5.41) is 11.8. The number of aliphatic hydroxyl groups excluding tert-OH is 1. The van der Waals surface area contributed by atoms with Gasteiger partial charge in [-0.15, -0.1) is 0 Å². The number of ether oxygens (including phenoxy) is 1. The topological polar surface area (TPSA) is 105 Å². The molecule has 0 amide bonds. The summed E-state index contributed by atoms with van der Waals surface area (Å²) in [4.78, 5) is 11.1. The third kappa shape index (κ3) is 4.84. The zero-order valence-corrected chi connectivity index (χ0v) is 17.8. The SMILES string of the molecule is O=S(=O)(c1ccccc1)c1cc(-c2cnc(NCCO)nc2)cc(N2CCOCC2)c1. The van der Waals surface area contributed by atoms with E-state index in [0.29, 0.717) is 49.9 Å². The number of hydrogen-bond acceptors (Lipinski definition) is 8. The molecule has 0 bridgehead atoms. The second kappa shape index (κ2) is 9.42. The molecule has 1 aliphatic heterocycles. The van der Waals surface area contributed by atoms with Gasteiger partial charge in [0.1, 0.15) is 0 Å². The average Bonchev–Trinajstić information content (AvgIpc) is 2.84. The molecule has 2 heterocycles. The number of nitrogens with zero attached hydrogens (tertiary/aromatic N) is 3. The van der Waals surface area contributed by atoms with E-state index in [9.17, 15) is 8.42 Å². The summed E-state index contributed by atoms with van der Waals surface area (Å²) in [6.45, 7) is 2.90. The molecule has 0 unspecified atom stereocenters. The first kappa shape index (κ1) is 21.2. The van der Waals surface area contributed by atoms with E-state index < -0.39 is 9.84 Å². The first-order valence-electron chi connectivity index (χ1n) is 10.0. The number of morpholine rings is 1. The Balaban J connectivity index is 1.77. The molecular weight excluding hydrogens is 416 g/mol. The quantitative estimate of drug-likeness (QED) is 0.576. The van der Waals surface area contributed by atoms with Crippen molar-refractivity contribution in [2.45, 2.75) is 9.79 Å². The summed E-state index contributed by atoms with van der Waals surface area (Å²) < 4.78 is 32.1. The van der Waals surface area contributed by atoms with Gasteiger partial charge in [-0.3, -0.25) is 0 Å². The van der Waals surface area contributed by atoms with E-state index in [1.165, 1.54) is 0 Å². The van der Waals surface area contributed by atoms with Crippen LogP contribution < -0.4 is 10.2 Å². The van der Waals surface area contributed by atoms with Gasteiger partial charge in [-0.05, 0) is 35.9 Å². The molecule has 4 rings (SSSR count). The monoisotopic (exact) mass is 440 g/mol. The molecule has 162 valence electrons. The van der Waals surface area contributed by atoms with Crippen LogP contribution in [-0.4, -0.2) is 62.9 Å². The van der Waals surface area contributed by atoms with Crippen molar-refractivity contribution in [3.05, 3.63) is 60.9 Å². The van der Waals surface area contributed by atoms with Crippen LogP contribution in [0.3, 0.4) is 0 Å². The standard InChI is InChI=1S/C22H24N4O4S/c27-9-6-23-22-24-15-18(16-25-22)17-12-19(26-7-10-30-11-8-26)14-21(13-17)31(28,29)20-4-2-1-3-5-20/h1-5,12-16,27H,6-11H2,(H,23,24,25). The van der Waals surface area contributed by atoms with Crippen molar-refractivity contribution in [1.29, 1.82) is 0 Å². The zero-order valence-electron chi connectivity index (χ0n) is 16.9. The molecule has 1 fully saturated rings. The van der Waals surface area contributed by atoms with Crippen LogP contribution in [0, 0.1) is 0 Å². The molecule has 1 saturated heterocycles. The van der Waals surface area contributed by atoms with Gasteiger partial charge in [-0.1, -0.05) is 18.2 Å². The molecule has 31 heavy (non-hydrogen) atoms. The van der Waals surface area contributed by atoms with Crippen molar-refractivity contribution in [3.8, 4) is 11.1 Å². The minimum Gasteiger partial charge on any atom is -0.395 e. The molecule has 0 radical (unpaired) electrons. The maximum atomic E-state index is 13.3. The minimum absolute atomic E-state index is 0.0204. The molecule has 0 aliphatic carbocycles. The largest absolute Gasteiger partial charge is 0.395 e. The van der Waals surface area contributed by atoms with Gasteiger partial charge in [0.15, 0.2) is 0 Å². The maximum absolute atomic E-state index is 13.3. The fraction of sp³-hybridized carbons (Fsp3) is 0.273. The van der Waals surface area contributed by atoms with Crippen molar-refractivity contribution in [2.24, 2.45) is 0 Å². The van der Waals surface area contributed by atoms with Crippen molar-refractivity contribution < 1.29 is 18.3 Å². The second-order valence-electron chi connectivity index (χ2n) is 7.08. The predicted molar refractivity (Wildman–Crippen MR) is 118 cm³/mol. The van der Waals surface area contributed by atoms with E-state index in [4.69, 9.17) is 9.84 Å². The van der Waals surface area contributed by atoms with Gasteiger partial charge in [-0.2, -0.15) is 0 Å². The van der Waals surface area contributed by atoms with Crippen LogP contribution in [0.5, 0.6) is 0 Å².